The van der Waals surface area contributed by atoms with Crippen LogP contribution < -0.4 is 10.6 Å². The monoisotopic (exact) mass is 788 g/mol. The molecule has 1 saturated heterocycles. The van der Waals surface area contributed by atoms with Crippen molar-refractivity contribution < 1.29 is 38.6 Å². The lowest BCUT2D eigenvalue weighted by Crippen LogP contribution is -2.59. The molecule has 1 aliphatic heterocycles. The summed E-state index contributed by atoms with van der Waals surface area (Å²) >= 11 is 0. The largest absolute Gasteiger partial charge is 0.481 e. The van der Waals surface area contributed by atoms with Crippen LogP contribution in [0.1, 0.15) is 93.1 Å². The molecule has 10 atom stereocenters. The average Bonchev–Trinajstić information content (AvgIpc) is 3.62. The summed E-state index contributed by atoms with van der Waals surface area (Å²) in [5, 5.41) is 15.8. The van der Waals surface area contributed by atoms with Crippen LogP contribution in [-0.4, -0.2) is 134 Å². The first kappa shape index (κ1) is 48.6. The number of methoxy groups -OCH3 is 2. The summed E-state index contributed by atoms with van der Waals surface area (Å²) in [7, 11) is 8.54. The standard InChI is InChI=1S/C43H73N5O8/c1-14-28(6)38(47(11)42(52)36(26(2)3)45-41(51)37(27(4)5)46(9)10)34(55-12)25-35(49)48-22-18-21-33(48)39(56-13)30(8)40(50)44-32(23-29(7)43(53)54)24-31-19-16-15-17-20-31/h15-17,19-20,26-30,32-34,36-39H,14,18,21-25H2,1-13H3,(H,44,50)(H,45,51)(H,53,54)/t28-,29-,30+,32+,33-,34+,36-,37-,38-,39+/m0/s1. The first-order chi connectivity index (χ1) is 26.3. The SMILES string of the molecule is CC[C@H](C)[C@@H]([C@@H](CC(=O)N1CCC[C@H]1[C@H](OC)[C@@H](C)C(=O)N[C@@H](Cc1ccccc1)C[C@H](C)C(=O)O)OC)N(C)C(=O)[C@@H](NC(=O)[C@H](C(C)C)N(C)C)C(C)C. The molecule has 1 aliphatic rings. The van der Waals surface area contributed by atoms with E-state index in [1.807, 2.05) is 90.9 Å². The van der Waals surface area contributed by atoms with Gasteiger partial charge in [0.2, 0.25) is 23.6 Å². The predicted molar refractivity (Wildman–Crippen MR) is 219 cm³/mol. The van der Waals surface area contributed by atoms with Gasteiger partial charge in [-0.25, -0.2) is 0 Å². The van der Waals surface area contributed by atoms with Crippen LogP contribution in [0.15, 0.2) is 30.3 Å². The number of ether oxygens (including phenoxy) is 2. The number of benzene rings is 1. The molecule has 13 heteroatoms. The van der Waals surface area contributed by atoms with Gasteiger partial charge in [-0.15, -0.1) is 0 Å². The van der Waals surface area contributed by atoms with Crippen molar-refractivity contribution in [3.63, 3.8) is 0 Å². The molecule has 0 saturated carbocycles. The molecule has 4 amide bonds. The number of aliphatic carboxylic acids is 1. The zero-order valence-electron chi connectivity index (χ0n) is 36.4. The maximum Gasteiger partial charge on any atom is 0.306 e. The highest BCUT2D eigenvalue weighted by Crippen LogP contribution is 2.30. The first-order valence-corrected chi connectivity index (χ1v) is 20.5. The van der Waals surface area contributed by atoms with Gasteiger partial charge in [0, 0.05) is 33.9 Å². The third-order valence-corrected chi connectivity index (χ3v) is 11.7. The van der Waals surface area contributed by atoms with Crippen molar-refractivity contribution in [3.05, 3.63) is 35.9 Å². The number of carbonyl (C=O) groups is 5. The molecule has 1 fully saturated rings. The second-order valence-electron chi connectivity index (χ2n) is 16.8. The molecule has 13 nitrogen and oxygen atoms in total. The van der Waals surface area contributed by atoms with Crippen LogP contribution in [0.4, 0.5) is 0 Å². The number of nitrogens with zero attached hydrogens (tertiary/aromatic N) is 3. The molecule has 1 aromatic rings. The molecule has 318 valence electrons. The van der Waals surface area contributed by atoms with Gasteiger partial charge < -0.3 is 35.0 Å². The third kappa shape index (κ3) is 13.3. The molecule has 3 N–H and O–H groups in total. The van der Waals surface area contributed by atoms with Gasteiger partial charge in [0.1, 0.15) is 6.04 Å². The Morgan fingerprint density at radius 1 is 0.893 bits per heavy atom. The van der Waals surface area contributed by atoms with Crippen molar-refractivity contribution in [1.29, 1.82) is 0 Å². The summed E-state index contributed by atoms with van der Waals surface area (Å²) in [6.07, 6.45) is 1.62. The molecule has 0 radical (unpaired) electrons. The topological polar surface area (TPSA) is 158 Å². The van der Waals surface area contributed by atoms with Crippen LogP contribution in [-0.2, 0) is 39.9 Å². The van der Waals surface area contributed by atoms with Crippen molar-refractivity contribution in [1.82, 2.24) is 25.3 Å². The van der Waals surface area contributed by atoms with Gasteiger partial charge in [-0.3, -0.25) is 28.9 Å². The quantitative estimate of drug-likeness (QED) is 0.146. The molecule has 0 aliphatic carbocycles. The highest BCUT2D eigenvalue weighted by atomic mass is 16.5. The van der Waals surface area contributed by atoms with Crippen LogP contribution in [0.3, 0.4) is 0 Å². The van der Waals surface area contributed by atoms with E-state index < -0.39 is 54.2 Å². The molecule has 0 bridgehead atoms. The number of carboxylic acid groups (broad SMARTS) is 1. The molecule has 0 aromatic heterocycles. The summed E-state index contributed by atoms with van der Waals surface area (Å²) in [6.45, 7) is 15.8. The minimum atomic E-state index is -0.924. The van der Waals surface area contributed by atoms with E-state index in [9.17, 15) is 29.1 Å². The van der Waals surface area contributed by atoms with Crippen molar-refractivity contribution in [2.45, 2.75) is 136 Å². The van der Waals surface area contributed by atoms with E-state index in [0.717, 1.165) is 18.4 Å². The van der Waals surface area contributed by atoms with E-state index in [0.29, 0.717) is 19.4 Å². The molecular formula is C43H73N5O8. The fraction of sp³-hybridized carbons (Fsp3) is 0.744. The Hall–Kier alpha value is -3.55. The van der Waals surface area contributed by atoms with Gasteiger partial charge in [-0.1, -0.05) is 92.1 Å². The van der Waals surface area contributed by atoms with Crippen LogP contribution in [0, 0.1) is 29.6 Å². The van der Waals surface area contributed by atoms with Crippen molar-refractivity contribution in [3.8, 4) is 0 Å². The number of carboxylic acids is 1. The van der Waals surface area contributed by atoms with E-state index in [1.165, 1.54) is 0 Å². The van der Waals surface area contributed by atoms with E-state index >= 15 is 0 Å². The Balaban J connectivity index is 2.30. The zero-order valence-corrected chi connectivity index (χ0v) is 36.4. The second kappa shape index (κ2) is 23.0. The molecular weight excluding hydrogens is 714 g/mol. The van der Waals surface area contributed by atoms with Gasteiger partial charge in [0.05, 0.1) is 48.6 Å². The number of carbonyl (C=O) groups excluding carboxylic acids is 4. The van der Waals surface area contributed by atoms with Crippen LogP contribution in [0.25, 0.3) is 0 Å². The highest BCUT2D eigenvalue weighted by Gasteiger charge is 2.43. The van der Waals surface area contributed by atoms with Gasteiger partial charge in [-0.05, 0) is 63.1 Å². The average molecular weight is 788 g/mol. The smallest absolute Gasteiger partial charge is 0.306 e. The first-order valence-electron chi connectivity index (χ1n) is 20.5. The Bertz CT molecular complexity index is 1400. The van der Waals surface area contributed by atoms with Crippen LogP contribution >= 0.6 is 0 Å². The van der Waals surface area contributed by atoms with Crippen molar-refractivity contribution >= 4 is 29.6 Å². The summed E-state index contributed by atoms with van der Waals surface area (Å²) in [6, 6.07) is 7.22. The van der Waals surface area contributed by atoms with E-state index in [4.69, 9.17) is 9.47 Å². The summed E-state index contributed by atoms with van der Waals surface area (Å²) < 4.78 is 12.0. The lowest BCUT2D eigenvalue weighted by molar-refractivity contribution is -0.148. The Morgan fingerprint density at radius 2 is 1.52 bits per heavy atom. The summed E-state index contributed by atoms with van der Waals surface area (Å²) in [5.74, 6) is -3.27. The Labute approximate surface area is 336 Å². The number of hydrogen-bond acceptors (Lipinski definition) is 8. The predicted octanol–water partition coefficient (Wildman–Crippen LogP) is 4.47. The van der Waals surface area contributed by atoms with E-state index in [-0.39, 0.29) is 60.3 Å². The van der Waals surface area contributed by atoms with Crippen LogP contribution in [0.2, 0.25) is 0 Å². The molecule has 0 unspecified atom stereocenters. The maximum absolute atomic E-state index is 14.3. The van der Waals surface area contributed by atoms with Gasteiger partial charge in [0.25, 0.3) is 0 Å². The van der Waals surface area contributed by atoms with E-state index in [1.54, 1.807) is 44.9 Å². The highest BCUT2D eigenvalue weighted by molar-refractivity contribution is 5.90. The molecule has 0 spiro atoms. The number of likely N-dealkylation sites (N-methyl/N-ethyl adjacent to an activating group) is 2. The van der Waals surface area contributed by atoms with E-state index in [2.05, 4.69) is 10.6 Å². The summed E-state index contributed by atoms with van der Waals surface area (Å²) in [4.78, 5) is 72.9. The second-order valence-corrected chi connectivity index (χ2v) is 16.8. The number of likely N-dealkylation sites (tertiary alicyclic amines) is 1. The fourth-order valence-electron chi connectivity index (χ4n) is 8.36. The third-order valence-electron chi connectivity index (χ3n) is 11.7. The minimum Gasteiger partial charge on any atom is -0.481 e. The van der Waals surface area contributed by atoms with Gasteiger partial charge in [-0.2, -0.15) is 0 Å². The number of hydrogen-bond donors (Lipinski definition) is 3. The van der Waals surface area contributed by atoms with Gasteiger partial charge in [0.15, 0.2) is 0 Å². The maximum atomic E-state index is 14.3. The zero-order chi connectivity index (χ0) is 42.4. The van der Waals surface area contributed by atoms with Gasteiger partial charge >= 0.3 is 5.97 Å². The normalized spacial score (nSPS) is 19.4. The minimum absolute atomic E-state index is 0.0115. The lowest BCUT2D eigenvalue weighted by atomic mass is 9.89. The number of rotatable bonds is 23. The molecule has 1 aromatic carbocycles. The van der Waals surface area contributed by atoms with Crippen molar-refractivity contribution in [2.75, 3.05) is 41.9 Å². The number of amides is 4. The molecule has 56 heavy (non-hydrogen) atoms. The fourth-order valence-corrected chi connectivity index (χ4v) is 8.36. The molecule has 1 heterocycles. The lowest BCUT2D eigenvalue weighted by Gasteiger charge is -2.41. The number of nitrogens with one attached hydrogen (secondary N) is 2. The Kier molecular flexibility index (Phi) is 20.0. The summed E-state index contributed by atoms with van der Waals surface area (Å²) in [5.41, 5.74) is 0.989. The van der Waals surface area contributed by atoms with Crippen LogP contribution in [0.5, 0.6) is 0 Å². The van der Waals surface area contributed by atoms with Crippen molar-refractivity contribution in [2.24, 2.45) is 29.6 Å². The molecule has 2 rings (SSSR count). The Morgan fingerprint density at radius 3 is 2.02 bits per heavy atom.